The number of aryl methyl sites for hydroxylation is 2. The summed E-state index contributed by atoms with van der Waals surface area (Å²) in [6.45, 7) is 4.41. The Kier molecular flexibility index (Phi) is 4.15. The quantitative estimate of drug-likeness (QED) is 0.759. The highest BCUT2D eigenvalue weighted by molar-refractivity contribution is 7.12. The van der Waals surface area contributed by atoms with Gasteiger partial charge in [-0.2, -0.15) is 0 Å². The maximum Gasteiger partial charge on any atom is 0.176 e. The van der Waals surface area contributed by atoms with Crippen LogP contribution in [0, 0.1) is 13.8 Å². The molecule has 94 valence electrons. The van der Waals surface area contributed by atoms with Crippen molar-refractivity contribution in [2.45, 2.75) is 20.3 Å². The zero-order valence-corrected chi connectivity index (χ0v) is 11.4. The molecule has 0 aliphatic carbocycles. The summed E-state index contributed by atoms with van der Waals surface area (Å²) in [4.78, 5) is 12.8. The fourth-order valence-corrected chi connectivity index (χ4v) is 2.63. The van der Waals surface area contributed by atoms with E-state index in [0.717, 1.165) is 21.8 Å². The molecule has 2 nitrogen and oxygen atoms in total. The number of carbonyl (C=O) groups is 1. The van der Waals surface area contributed by atoms with Crippen molar-refractivity contribution >= 4 is 17.1 Å². The number of hydrogen-bond donors (Lipinski definition) is 0. The van der Waals surface area contributed by atoms with Gasteiger partial charge in [0.25, 0.3) is 0 Å². The highest BCUT2D eigenvalue weighted by Crippen LogP contribution is 2.18. The third-order valence-electron chi connectivity index (χ3n) is 2.70. The summed E-state index contributed by atoms with van der Waals surface area (Å²) in [5.41, 5.74) is 2.22. The van der Waals surface area contributed by atoms with E-state index in [1.165, 1.54) is 11.3 Å². The van der Waals surface area contributed by atoms with Gasteiger partial charge in [0.05, 0.1) is 11.5 Å². The van der Waals surface area contributed by atoms with Gasteiger partial charge in [-0.25, -0.2) is 0 Å². The highest BCUT2D eigenvalue weighted by Gasteiger charge is 2.10. The Bertz CT molecular complexity index is 543. The van der Waals surface area contributed by atoms with Crippen LogP contribution in [0.5, 0.6) is 5.75 Å². The monoisotopic (exact) mass is 260 g/mol. The second-order valence-electron chi connectivity index (χ2n) is 4.27. The zero-order valence-electron chi connectivity index (χ0n) is 10.6. The van der Waals surface area contributed by atoms with Gasteiger partial charge >= 0.3 is 0 Å². The molecule has 3 heteroatoms. The Morgan fingerprint density at radius 3 is 2.78 bits per heavy atom. The number of carbonyl (C=O) groups excluding carboxylic acids is 1. The molecule has 1 aromatic heterocycles. The number of ketones is 1. The van der Waals surface area contributed by atoms with E-state index in [-0.39, 0.29) is 5.78 Å². The summed E-state index contributed by atoms with van der Waals surface area (Å²) in [5, 5.41) is 1.95. The molecule has 0 aliphatic heterocycles. The van der Waals surface area contributed by atoms with Gasteiger partial charge < -0.3 is 4.74 Å². The first-order chi connectivity index (χ1) is 8.66. The van der Waals surface area contributed by atoms with Gasteiger partial charge in [-0.1, -0.05) is 12.1 Å². The van der Waals surface area contributed by atoms with Crippen LogP contribution in [0.4, 0.5) is 0 Å². The standard InChI is InChI=1S/C15H16O2S/c1-11-4-3-5-13(10-11)17-8-6-14(16)15-12(2)7-9-18-15/h3-5,7,9-10H,6,8H2,1-2H3. The van der Waals surface area contributed by atoms with Gasteiger partial charge in [-0.15, -0.1) is 11.3 Å². The smallest absolute Gasteiger partial charge is 0.176 e. The van der Waals surface area contributed by atoms with Crippen LogP contribution in [0.15, 0.2) is 35.7 Å². The lowest BCUT2D eigenvalue weighted by Gasteiger charge is -2.06. The number of ether oxygens (including phenoxy) is 1. The summed E-state index contributed by atoms with van der Waals surface area (Å²) in [6, 6.07) is 9.83. The van der Waals surface area contributed by atoms with E-state index in [1.807, 2.05) is 49.6 Å². The van der Waals surface area contributed by atoms with Gasteiger partial charge in [0, 0.05) is 6.42 Å². The minimum atomic E-state index is 0.162. The summed E-state index contributed by atoms with van der Waals surface area (Å²) in [6.07, 6.45) is 0.426. The molecule has 18 heavy (non-hydrogen) atoms. The predicted octanol–water partition coefficient (Wildman–Crippen LogP) is 4.02. The molecule has 0 fully saturated rings. The first-order valence-electron chi connectivity index (χ1n) is 5.93. The average molecular weight is 260 g/mol. The number of Topliss-reactive ketones (excluding diaryl/α,β-unsaturated/α-hetero) is 1. The van der Waals surface area contributed by atoms with E-state index in [9.17, 15) is 4.79 Å². The van der Waals surface area contributed by atoms with Crippen LogP contribution in [0.25, 0.3) is 0 Å². The van der Waals surface area contributed by atoms with Crippen molar-refractivity contribution < 1.29 is 9.53 Å². The molecule has 0 aliphatic rings. The van der Waals surface area contributed by atoms with Crippen LogP contribution in [0.2, 0.25) is 0 Å². The van der Waals surface area contributed by atoms with Crippen LogP contribution in [0.3, 0.4) is 0 Å². The molecule has 1 heterocycles. The minimum Gasteiger partial charge on any atom is -0.493 e. The van der Waals surface area contributed by atoms with Crippen molar-refractivity contribution in [2.24, 2.45) is 0 Å². The van der Waals surface area contributed by atoms with Crippen LogP contribution >= 0.6 is 11.3 Å². The third-order valence-corrected chi connectivity index (χ3v) is 3.76. The molecular formula is C15H16O2S. The Morgan fingerprint density at radius 2 is 2.11 bits per heavy atom. The Hall–Kier alpha value is -1.61. The largest absolute Gasteiger partial charge is 0.493 e. The van der Waals surface area contributed by atoms with E-state index >= 15 is 0 Å². The molecule has 0 unspecified atom stereocenters. The van der Waals surface area contributed by atoms with Crippen LogP contribution in [0.1, 0.15) is 27.2 Å². The molecule has 0 N–H and O–H groups in total. The Balaban J connectivity index is 1.86. The summed E-state index contributed by atoms with van der Waals surface area (Å²) in [7, 11) is 0. The van der Waals surface area contributed by atoms with Gasteiger partial charge in [0.15, 0.2) is 5.78 Å². The van der Waals surface area contributed by atoms with E-state index in [1.54, 1.807) is 0 Å². The average Bonchev–Trinajstić information content (AvgIpc) is 2.75. The summed E-state index contributed by atoms with van der Waals surface area (Å²) in [5.74, 6) is 0.987. The fourth-order valence-electron chi connectivity index (χ4n) is 1.74. The van der Waals surface area contributed by atoms with Crippen molar-refractivity contribution in [3.05, 3.63) is 51.7 Å². The van der Waals surface area contributed by atoms with E-state index < -0.39 is 0 Å². The van der Waals surface area contributed by atoms with Crippen molar-refractivity contribution in [1.82, 2.24) is 0 Å². The molecule has 0 saturated carbocycles. The van der Waals surface area contributed by atoms with Crippen LogP contribution in [-0.2, 0) is 0 Å². The van der Waals surface area contributed by atoms with Crippen molar-refractivity contribution in [3.8, 4) is 5.75 Å². The second kappa shape index (κ2) is 5.83. The zero-order chi connectivity index (χ0) is 13.0. The van der Waals surface area contributed by atoms with Crippen LogP contribution in [-0.4, -0.2) is 12.4 Å². The molecule has 0 amide bonds. The first-order valence-corrected chi connectivity index (χ1v) is 6.81. The Morgan fingerprint density at radius 1 is 1.28 bits per heavy atom. The van der Waals surface area contributed by atoms with Gasteiger partial charge in [0.1, 0.15) is 5.75 Å². The lowest BCUT2D eigenvalue weighted by molar-refractivity contribution is 0.0965. The summed E-state index contributed by atoms with van der Waals surface area (Å²) >= 11 is 1.50. The SMILES string of the molecule is Cc1cccc(OCCC(=O)c2sccc2C)c1. The Labute approximate surface area is 111 Å². The topological polar surface area (TPSA) is 26.3 Å². The minimum absolute atomic E-state index is 0.162. The van der Waals surface area contributed by atoms with E-state index in [0.29, 0.717) is 13.0 Å². The maximum absolute atomic E-state index is 11.9. The highest BCUT2D eigenvalue weighted by atomic mass is 32.1. The number of benzene rings is 1. The van der Waals surface area contributed by atoms with Gasteiger partial charge in [0.2, 0.25) is 0 Å². The third kappa shape index (κ3) is 3.20. The molecule has 0 atom stereocenters. The van der Waals surface area contributed by atoms with Crippen molar-refractivity contribution in [2.75, 3.05) is 6.61 Å². The van der Waals surface area contributed by atoms with Crippen molar-refractivity contribution in [1.29, 1.82) is 0 Å². The summed E-state index contributed by atoms with van der Waals surface area (Å²) < 4.78 is 5.58. The predicted molar refractivity (Wildman–Crippen MR) is 74.7 cm³/mol. The molecular weight excluding hydrogens is 244 g/mol. The number of hydrogen-bond acceptors (Lipinski definition) is 3. The molecule has 2 rings (SSSR count). The second-order valence-corrected chi connectivity index (χ2v) is 5.19. The fraction of sp³-hybridized carbons (Fsp3) is 0.267. The number of rotatable bonds is 5. The number of thiophene rings is 1. The lowest BCUT2D eigenvalue weighted by Crippen LogP contribution is -2.06. The maximum atomic E-state index is 11.9. The molecule has 0 saturated heterocycles. The van der Waals surface area contributed by atoms with Crippen LogP contribution < -0.4 is 4.74 Å². The van der Waals surface area contributed by atoms with Crippen molar-refractivity contribution in [3.63, 3.8) is 0 Å². The molecule has 0 radical (unpaired) electrons. The lowest BCUT2D eigenvalue weighted by atomic mass is 10.2. The normalized spacial score (nSPS) is 10.3. The van der Waals surface area contributed by atoms with Gasteiger partial charge in [-0.3, -0.25) is 4.79 Å². The van der Waals surface area contributed by atoms with Gasteiger partial charge in [-0.05, 0) is 48.6 Å². The molecule has 1 aromatic carbocycles. The molecule has 0 spiro atoms. The van der Waals surface area contributed by atoms with E-state index in [4.69, 9.17) is 4.74 Å². The van der Waals surface area contributed by atoms with E-state index in [2.05, 4.69) is 0 Å². The molecule has 0 bridgehead atoms. The molecule has 2 aromatic rings. The first kappa shape index (κ1) is 12.8.